The first-order chi connectivity index (χ1) is 8.86. The number of rotatable bonds is 2. The summed E-state index contributed by atoms with van der Waals surface area (Å²) in [6.45, 7) is 9.50. The maximum absolute atomic E-state index is 11.9. The molecule has 1 aromatic carbocycles. The number of fused-ring (bicyclic) bond motifs is 1. The lowest BCUT2D eigenvalue weighted by atomic mass is 9.75. The van der Waals surface area contributed by atoms with E-state index in [1.54, 1.807) is 0 Å². The maximum Gasteiger partial charge on any atom is 0.327 e. The molecule has 3 nitrogen and oxygen atoms in total. The minimum atomic E-state index is -0.341. The summed E-state index contributed by atoms with van der Waals surface area (Å²) in [6, 6.07) is 6.15. The van der Waals surface area contributed by atoms with Crippen molar-refractivity contribution in [3.63, 3.8) is 0 Å². The molecule has 1 unspecified atom stereocenters. The van der Waals surface area contributed by atoms with E-state index in [2.05, 4.69) is 51.2 Å². The van der Waals surface area contributed by atoms with Crippen molar-refractivity contribution in [2.24, 2.45) is 0 Å². The number of esters is 1. The van der Waals surface area contributed by atoms with Crippen LogP contribution >= 0.6 is 0 Å². The summed E-state index contributed by atoms with van der Waals surface area (Å²) in [5, 5.41) is 3.31. The van der Waals surface area contributed by atoms with E-state index in [4.69, 9.17) is 4.74 Å². The molecule has 2 rings (SSSR count). The van der Waals surface area contributed by atoms with E-state index >= 15 is 0 Å². The molecule has 104 valence electrons. The van der Waals surface area contributed by atoms with Gasteiger partial charge in [0, 0.05) is 12.0 Å². The second kappa shape index (κ2) is 4.97. The van der Waals surface area contributed by atoms with Crippen molar-refractivity contribution >= 4 is 5.97 Å². The largest absolute Gasteiger partial charge is 0.468 e. The Labute approximate surface area is 115 Å². The number of carbonyl (C=O) groups excluding carboxylic acids is 1. The Morgan fingerprint density at radius 2 is 2.11 bits per heavy atom. The van der Waals surface area contributed by atoms with Crippen molar-refractivity contribution in [1.29, 1.82) is 0 Å². The molecule has 0 amide bonds. The summed E-state index contributed by atoms with van der Waals surface area (Å²) in [4.78, 5) is 11.9. The fourth-order valence-corrected chi connectivity index (χ4v) is 2.69. The van der Waals surface area contributed by atoms with Crippen LogP contribution in [0.2, 0.25) is 0 Å². The van der Waals surface area contributed by atoms with Gasteiger partial charge in [0.25, 0.3) is 0 Å². The molecule has 0 bridgehead atoms. The van der Waals surface area contributed by atoms with Crippen molar-refractivity contribution in [1.82, 2.24) is 5.32 Å². The lowest BCUT2D eigenvalue weighted by Crippen LogP contribution is -2.44. The van der Waals surface area contributed by atoms with Gasteiger partial charge in [-0.2, -0.15) is 0 Å². The number of nitrogens with one attached hydrogen (secondary N) is 1. The Morgan fingerprint density at radius 3 is 2.68 bits per heavy atom. The van der Waals surface area contributed by atoms with E-state index in [0.29, 0.717) is 5.92 Å². The average Bonchev–Trinajstić information content (AvgIpc) is 2.37. The van der Waals surface area contributed by atoms with Crippen LogP contribution in [0.15, 0.2) is 18.2 Å². The smallest absolute Gasteiger partial charge is 0.327 e. The molecular formula is C16H23NO2. The van der Waals surface area contributed by atoms with Crippen LogP contribution < -0.4 is 5.32 Å². The highest BCUT2D eigenvalue weighted by atomic mass is 16.5. The maximum atomic E-state index is 11.9. The van der Waals surface area contributed by atoms with Crippen LogP contribution in [0.25, 0.3) is 0 Å². The molecule has 0 saturated heterocycles. The molecule has 0 aromatic heterocycles. The Morgan fingerprint density at radius 1 is 1.42 bits per heavy atom. The Kier molecular flexibility index (Phi) is 3.68. The highest BCUT2D eigenvalue weighted by Crippen LogP contribution is 2.36. The van der Waals surface area contributed by atoms with Gasteiger partial charge in [0.05, 0.1) is 7.11 Å². The minimum absolute atomic E-state index is 0.0371. The monoisotopic (exact) mass is 261 g/mol. The number of benzene rings is 1. The predicted octanol–water partition coefficient (Wildman–Crippen LogP) is 2.90. The predicted molar refractivity (Wildman–Crippen MR) is 76.3 cm³/mol. The molecule has 0 aliphatic carbocycles. The molecule has 0 radical (unpaired) electrons. The van der Waals surface area contributed by atoms with E-state index in [0.717, 1.165) is 12.1 Å². The summed E-state index contributed by atoms with van der Waals surface area (Å²) in [5.41, 5.74) is 3.60. The second-order valence-corrected chi connectivity index (χ2v) is 6.22. The number of hydrogen-bond acceptors (Lipinski definition) is 3. The van der Waals surface area contributed by atoms with Crippen molar-refractivity contribution < 1.29 is 9.53 Å². The van der Waals surface area contributed by atoms with E-state index in [1.807, 2.05) is 0 Å². The molecule has 3 heteroatoms. The van der Waals surface area contributed by atoms with Crippen LogP contribution in [0.3, 0.4) is 0 Å². The Hall–Kier alpha value is -1.35. The first-order valence-corrected chi connectivity index (χ1v) is 6.82. The van der Waals surface area contributed by atoms with Gasteiger partial charge in [-0.3, -0.25) is 5.32 Å². The zero-order valence-electron chi connectivity index (χ0n) is 12.4. The first kappa shape index (κ1) is 14.1. The topological polar surface area (TPSA) is 38.3 Å². The molecule has 19 heavy (non-hydrogen) atoms. The first-order valence-electron chi connectivity index (χ1n) is 6.82. The fraction of sp³-hybridized carbons (Fsp3) is 0.562. The van der Waals surface area contributed by atoms with Crippen LogP contribution in [0.4, 0.5) is 0 Å². The fourth-order valence-electron chi connectivity index (χ4n) is 2.69. The van der Waals surface area contributed by atoms with Gasteiger partial charge in [-0.1, -0.05) is 45.9 Å². The van der Waals surface area contributed by atoms with Crippen LogP contribution in [0, 0.1) is 0 Å². The summed E-state index contributed by atoms with van der Waals surface area (Å²) >= 11 is 0. The van der Waals surface area contributed by atoms with Crippen molar-refractivity contribution in [2.45, 2.75) is 45.1 Å². The van der Waals surface area contributed by atoms with E-state index in [9.17, 15) is 4.79 Å². The van der Waals surface area contributed by atoms with Gasteiger partial charge >= 0.3 is 5.97 Å². The van der Waals surface area contributed by atoms with Gasteiger partial charge in [-0.25, -0.2) is 4.79 Å². The SMILES string of the molecule is COC(=O)C1NCC(C)(C)c2ccc(C(C)C)cc21. The van der Waals surface area contributed by atoms with Crippen LogP contribution in [0.1, 0.15) is 56.3 Å². The Balaban J connectivity index is 2.54. The number of hydrogen-bond donors (Lipinski definition) is 1. The van der Waals surface area contributed by atoms with Crippen molar-refractivity contribution in [2.75, 3.05) is 13.7 Å². The summed E-state index contributed by atoms with van der Waals surface area (Å²) in [7, 11) is 1.44. The highest BCUT2D eigenvalue weighted by Gasteiger charge is 2.36. The van der Waals surface area contributed by atoms with Gasteiger partial charge in [0.1, 0.15) is 6.04 Å². The third kappa shape index (κ3) is 2.52. The second-order valence-electron chi connectivity index (χ2n) is 6.22. The van der Waals surface area contributed by atoms with Gasteiger partial charge < -0.3 is 4.74 Å². The summed E-state index contributed by atoms with van der Waals surface area (Å²) in [6.07, 6.45) is 0. The quantitative estimate of drug-likeness (QED) is 0.832. The Bertz CT molecular complexity index is 492. The average molecular weight is 261 g/mol. The molecule has 1 aromatic rings. The molecule has 0 fully saturated rings. The zero-order valence-corrected chi connectivity index (χ0v) is 12.4. The molecule has 1 aliphatic heterocycles. The standard InChI is InChI=1S/C16H23NO2/c1-10(2)11-6-7-13-12(8-11)14(15(18)19-5)17-9-16(13,3)4/h6-8,10,14,17H,9H2,1-5H3. The third-order valence-corrected chi connectivity index (χ3v) is 3.97. The summed E-state index contributed by atoms with van der Waals surface area (Å²) in [5.74, 6) is 0.242. The van der Waals surface area contributed by atoms with Crippen LogP contribution in [0.5, 0.6) is 0 Å². The van der Waals surface area contributed by atoms with Gasteiger partial charge in [0.2, 0.25) is 0 Å². The molecule has 1 N–H and O–H groups in total. The number of ether oxygens (including phenoxy) is 1. The lowest BCUT2D eigenvalue weighted by molar-refractivity contribution is -0.143. The molecular weight excluding hydrogens is 238 g/mol. The molecule has 0 saturated carbocycles. The number of methoxy groups -OCH3 is 1. The zero-order chi connectivity index (χ0) is 14.2. The van der Waals surface area contributed by atoms with E-state index < -0.39 is 0 Å². The summed E-state index contributed by atoms with van der Waals surface area (Å²) < 4.78 is 4.91. The van der Waals surface area contributed by atoms with Crippen molar-refractivity contribution in [3.05, 3.63) is 34.9 Å². The van der Waals surface area contributed by atoms with Crippen LogP contribution in [-0.4, -0.2) is 19.6 Å². The molecule has 1 aliphatic rings. The normalized spacial score (nSPS) is 21.1. The molecule has 1 atom stereocenters. The van der Waals surface area contributed by atoms with E-state index in [1.165, 1.54) is 18.2 Å². The van der Waals surface area contributed by atoms with Gasteiger partial charge in [-0.15, -0.1) is 0 Å². The molecule has 0 spiro atoms. The van der Waals surface area contributed by atoms with E-state index in [-0.39, 0.29) is 17.4 Å². The highest BCUT2D eigenvalue weighted by molar-refractivity contribution is 5.79. The third-order valence-electron chi connectivity index (χ3n) is 3.97. The lowest BCUT2D eigenvalue weighted by Gasteiger charge is -2.37. The molecule has 1 heterocycles. The minimum Gasteiger partial charge on any atom is -0.468 e. The van der Waals surface area contributed by atoms with Gasteiger partial charge in [-0.05, 0) is 22.6 Å². The van der Waals surface area contributed by atoms with Gasteiger partial charge in [0.15, 0.2) is 0 Å². The number of carbonyl (C=O) groups is 1. The van der Waals surface area contributed by atoms with Crippen molar-refractivity contribution in [3.8, 4) is 0 Å². The van der Waals surface area contributed by atoms with Crippen LogP contribution in [-0.2, 0) is 14.9 Å².